The maximum Gasteiger partial charge on any atom is 0.132 e. The highest BCUT2D eigenvalue weighted by molar-refractivity contribution is 5.77. The molecule has 0 aliphatic heterocycles. The van der Waals surface area contributed by atoms with E-state index in [4.69, 9.17) is 0 Å². The van der Waals surface area contributed by atoms with Gasteiger partial charge in [0.25, 0.3) is 0 Å². The summed E-state index contributed by atoms with van der Waals surface area (Å²) in [5.74, 6) is 0.407. The molecule has 0 aliphatic rings. The second-order valence-electron chi connectivity index (χ2n) is 4.80. The van der Waals surface area contributed by atoms with Gasteiger partial charge in [0, 0.05) is 12.8 Å². The summed E-state index contributed by atoms with van der Waals surface area (Å²) in [4.78, 5) is 11.1. The minimum Gasteiger partial charge on any atom is -0.300 e. The standard InChI is InChI=1S/C17H30O/c1-3-5-6-7-8-9-10-11-12-13-14-15-16-17(18)4-2/h6-7,10-11H,3-5,8-9,12-16H2,1-2H3. The van der Waals surface area contributed by atoms with Gasteiger partial charge in [0.2, 0.25) is 0 Å². The number of hydrogen-bond acceptors (Lipinski definition) is 1. The third-order valence-electron chi connectivity index (χ3n) is 3.01. The van der Waals surface area contributed by atoms with E-state index in [2.05, 4.69) is 31.2 Å². The highest BCUT2D eigenvalue weighted by atomic mass is 16.1. The van der Waals surface area contributed by atoms with Gasteiger partial charge in [-0.3, -0.25) is 4.79 Å². The molecule has 104 valence electrons. The Morgan fingerprint density at radius 2 is 1.39 bits per heavy atom. The number of unbranched alkanes of at least 4 members (excludes halogenated alkanes) is 5. The van der Waals surface area contributed by atoms with E-state index in [1.54, 1.807) is 0 Å². The number of allylic oxidation sites excluding steroid dienone is 4. The molecular weight excluding hydrogens is 220 g/mol. The van der Waals surface area contributed by atoms with E-state index in [9.17, 15) is 4.79 Å². The number of carbonyl (C=O) groups is 1. The maximum atomic E-state index is 11.1. The zero-order valence-electron chi connectivity index (χ0n) is 12.3. The van der Waals surface area contributed by atoms with E-state index in [1.807, 2.05) is 6.92 Å². The lowest BCUT2D eigenvalue weighted by Crippen LogP contribution is -1.93. The van der Waals surface area contributed by atoms with Gasteiger partial charge >= 0.3 is 0 Å². The van der Waals surface area contributed by atoms with E-state index in [0.717, 1.165) is 19.3 Å². The fourth-order valence-electron chi connectivity index (χ4n) is 1.77. The van der Waals surface area contributed by atoms with Crippen LogP contribution in [-0.2, 0) is 4.79 Å². The van der Waals surface area contributed by atoms with E-state index in [-0.39, 0.29) is 0 Å². The summed E-state index contributed by atoms with van der Waals surface area (Å²) in [5, 5.41) is 0. The normalized spacial score (nSPS) is 11.7. The minimum atomic E-state index is 0.407. The number of hydrogen-bond donors (Lipinski definition) is 0. The topological polar surface area (TPSA) is 17.1 Å². The minimum absolute atomic E-state index is 0.407. The predicted molar refractivity (Wildman–Crippen MR) is 80.8 cm³/mol. The van der Waals surface area contributed by atoms with Crippen molar-refractivity contribution in [2.24, 2.45) is 0 Å². The first-order chi connectivity index (χ1) is 8.81. The van der Waals surface area contributed by atoms with E-state index < -0.39 is 0 Å². The fraction of sp³-hybridized carbons (Fsp3) is 0.706. The number of Topliss-reactive ketones (excluding diaryl/α,β-unsaturated/α-hetero) is 1. The Morgan fingerprint density at radius 3 is 2.00 bits per heavy atom. The molecule has 0 atom stereocenters. The molecule has 0 heterocycles. The van der Waals surface area contributed by atoms with Crippen LogP contribution in [0.5, 0.6) is 0 Å². The molecule has 1 nitrogen and oxygen atoms in total. The average Bonchev–Trinajstić information content (AvgIpc) is 2.39. The summed E-state index contributed by atoms with van der Waals surface area (Å²) in [7, 11) is 0. The van der Waals surface area contributed by atoms with Crippen molar-refractivity contribution in [1.82, 2.24) is 0 Å². The highest BCUT2D eigenvalue weighted by Gasteiger charge is 1.96. The second kappa shape index (κ2) is 14.2. The molecule has 0 N–H and O–H groups in total. The first-order valence-electron chi connectivity index (χ1n) is 7.63. The monoisotopic (exact) mass is 250 g/mol. The summed E-state index contributed by atoms with van der Waals surface area (Å²) in [6.45, 7) is 4.15. The van der Waals surface area contributed by atoms with Crippen molar-refractivity contribution in [1.29, 1.82) is 0 Å². The van der Waals surface area contributed by atoms with Crippen LogP contribution in [0.3, 0.4) is 0 Å². The Balaban J connectivity index is 3.20. The Labute approximate surface area is 113 Å². The Morgan fingerprint density at radius 1 is 0.778 bits per heavy atom. The molecule has 0 radical (unpaired) electrons. The average molecular weight is 250 g/mol. The molecule has 0 unspecified atom stereocenters. The molecule has 18 heavy (non-hydrogen) atoms. The summed E-state index contributed by atoms with van der Waals surface area (Å²) in [5.41, 5.74) is 0. The number of carbonyl (C=O) groups excluding carboxylic acids is 1. The van der Waals surface area contributed by atoms with Crippen LogP contribution in [0.2, 0.25) is 0 Å². The van der Waals surface area contributed by atoms with Gasteiger partial charge in [-0.05, 0) is 38.5 Å². The molecule has 0 aromatic heterocycles. The van der Waals surface area contributed by atoms with Gasteiger partial charge in [0.05, 0.1) is 0 Å². The predicted octanol–water partition coefficient (Wildman–Crippen LogP) is 5.61. The SMILES string of the molecule is CCCC=CCCC=CCCCCCC(=O)CC. The first kappa shape index (κ1) is 17.2. The first-order valence-corrected chi connectivity index (χ1v) is 7.63. The van der Waals surface area contributed by atoms with Crippen molar-refractivity contribution < 1.29 is 4.79 Å². The zero-order valence-corrected chi connectivity index (χ0v) is 12.3. The highest BCUT2D eigenvalue weighted by Crippen LogP contribution is 2.06. The Hall–Kier alpha value is -0.850. The van der Waals surface area contributed by atoms with Gasteiger partial charge in [0.1, 0.15) is 5.78 Å². The summed E-state index contributed by atoms with van der Waals surface area (Å²) in [6, 6.07) is 0. The lowest BCUT2D eigenvalue weighted by atomic mass is 10.1. The molecule has 0 bridgehead atoms. The maximum absolute atomic E-state index is 11.1. The van der Waals surface area contributed by atoms with Gasteiger partial charge in [-0.1, -0.05) is 51.0 Å². The van der Waals surface area contributed by atoms with Gasteiger partial charge in [-0.25, -0.2) is 0 Å². The van der Waals surface area contributed by atoms with Crippen molar-refractivity contribution in [3.63, 3.8) is 0 Å². The molecular formula is C17H30O. The quantitative estimate of drug-likeness (QED) is 0.325. The van der Waals surface area contributed by atoms with Gasteiger partial charge in [-0.2, -0.15) is 0 Å². The molecule has 0 rings (SSSR count). The molecule has 0 fully saturated rings. The van der Waals surface area contributed by atoms with Crippen LogP contribution < -0.4 is 0 Å². The smallest absolute Gasteiger partial charge is 0.132 e. The third kappa shape index (κ3) is 13.2. The van der Waals surface area contributed by atoms with Crippen LogP contribution in [0, 0.1) is 0 Å². The largest absolute Gasteiger partial charge is 0.300 e. The molecule has 0 aromatic carbocycles. The molecule has 0 aromatic rings. The van der Waals surface area contributed by atoms with Crippen LogP contribution in [0.25, 0.3) is 0 Å². The Bertz CT molecular complexity index is 238. The van der Waals surface area contributed by atoms with Gasteiger partial charge < -0.3 is 0 Å². The van der Waals surface area contributed by atoms with Crippen molar-refractivity contribution >= 4 is 5.78 Å². The van der Waals surface area contributed by atoms with Crippen molar-refractivity contribution in [2.75, 3.05) is 0 Å². The summed E-state index contributed by atoms with van der Waals surface area (Å²) < 4.78 is 0. The van der Waals surface area contributed by atoms with Gasteiger partial charge in [-0.15, -0.1) is 0 Å². The van der Waals surface area contributed by atoms with Crippen LogP contribution in [0.1, 0.15) is 78.1 Å². The molecule has 1 heteroatoms. The van der Waals surface area contributed by atoms with Crippen LogP contribution >= 0.6 is 0 Å². The molecule has 0 spiro atoms. The lowest BCUT2D eigenvalue weighted by molar-refractivity contribution is -0.118. The molecule has 0 saturated carbocycles. The fourth-order valence-corrected chi connectivity index (χ4v) is 1.77. The summed E-state index contributed by atoms with van der Waals surface area (Å²) >= 11 is 0. The number of rotatable bonds is 12. The van der Waals surface area contributed by atoms with Crippen molar-refractivity contribution in [2.45, 2.75) is 78.1 Å². The Kier molecular flexibility index (Phi) is 13.5. The summed E-state index contributed by atoms with van der Waals surface area (Å²) in [6.07, 6.45) is 20.0. The van der Waals surface area contributed by atoms with Crippen LogP contribution in [-0.4, -0.2) is 5.78 Å². The molecule has 0 amide bonds. The zero-order chi connectivity index (χ0) is 13.5. The molecule has 0 saturated heterocycles. The van der Waals surface area contributed by atoms with E-state index in [0.29, 0.717) is 12.2 Å². The van der Waals surface area contributed by atoms with Crippen molar-refractivity contribution in [3.8, 4) is 0 Å². The van der Waals surface area contributed by atoms with Crippen LogP contribution in [0.15, 0.2) is 24.3 Å². The van der Waals surface area contributed by atoms with Gasteiger partial charge in [0.15, 0.2) is 0 Å². The third-order valence-corrected chi connectivity index (χ3v) is 3.01. The van der Waals surface area contributed by atoms with E-state index in [1.165, 1.54) is 38.5 Å². The molecule has 0 aliphatic carbocycles. The van der Waals surface area contributed by atoms with Crippen LogP contribution in [0.4, 0.5) is 0 Å². The number of ketones is 1. The second-order valence-corrected chi connectivity index (χ2v) is 4.80. The van der Waals surface area contributed by atoms with Crippen molar-refractivity contribution in [3.05, 3.63) is 24.3 Å². The lowest BCUT2D eigenvalue weighted by Gasteiger charge is -1.97. The van der Waals surface area contributed by atoms with E-state index >= 15 is 0 Å².